The Labute approximate surface area is 142 Å². The zero-order valence-corrected chi connectivity index (χ0v) is 14.4. The number of benzene rings is 1. The van der Waals surface area contributed by atoms with Crippen molar-refractivity contribution >= 4 is 11.6 Å². The summed E-state index contributed by atoms with van der Waals surface area (Å²) in [7, 11) is 2.09. The molecule has 0 aliphatic carbocycles. The first-order valence-electron chi connectivity index (χ1n) is 8.68. The van der Waals surface area contributed by atoms with Crippen molar-refractivity contribution in [2.45, 2.75) is 38.6 Å². The zero-order valence-electron chi connectivity index (χ0n) is 14.4. The molecule has 24 heavy (non-hydrogen) atoms. The second-order valence-electron chi connectivity index (χ2n) is 6.35. The van der Waals surface area contributed by atoms with Crippen LogP contribution in [0.3, 0.4) is 0 Å². The number of aromatic nitrogens is 3. The molecule has 1 N–H and O–H groups in total. The number of hydrogen-bond acceptors (Lipinski definition) is 4. The number of carbonyl (C=O) groups excluding carboxylic acids is 1. The number of H-pyrrole nitrogens is 1. The molecule has 3 rings (SSSR count). The van der Waals surface area contributed by atoms with Gasteiger partial charge in [-0.2, -0.15) is 5.10 Å². The van der Waals surface area contributed by atoms with Gasteiger partial charge in [0.25, 0.3) is 5.91 Å². The summed E-state index contributed by atoms with van der Waals surface area (Å²) in [6, 6.07) is 7.92. The molecule has 6 heteroatoms. The van der Waals surface area contributed by atoms with Gasteiger partial charge >= 0.3 is 0 Å². The van der Waals surface area contributed by atoms with Crippen LogP contribution in [0.2, 0.25) is 0 Å². The van der Waals surface area contributed by atoms with E-state index in [0.717, 1.165) is 43.0 Å². The summed E-state index contributed by atoms with van der Waals surface area (Å²) in [5.41, 5.74) is 1.88. The summed E-state index contributed by atoms with van der Waals surface area (Å²) in [4.78, 5) is 21.2. The van der Waals surface area contributed by atoms with E-state index in [9.17, 15) is 4.79 Å². The van der Waals surface area contributed by atoms with Gasteiger partial charge in [0, 0.05) is 31.4 Å². The van der Waals surface area contributed by atoms with Crippen molar-refractivity contribution in [1.29, 1.82) is 0 Å². The van der Waals surface area contributed by atoms with Gasteiger partial charge in [0.05, 0.1) is 6.04 Å². The maximum absolute atomic E-state index is 12.9. The van der Waals surface area contributed by atoms with Crippen LogP contribution in [0.5, 0.6) is 0 Å². The lowest BCUT2D eigenvalue weighted by atomic mass is 10.1. The monoisotopic (exact) mass is 327 g/mol. The quantitative estimate of drug-likeness (QED) is 0.886. The maximum atomic E-state index is 12.9. The standard InChI is InChI=1S/C18H25N5O/c1-3-4-11-22(2)15-9-7-14(8-10-15)18(24)23-12-5-6-16(23)17-19-13-20-21-17/h7-10,13,16H,3-6,11-12H2,1-2H3,(H,19,20,21)/t16-/m0/s1. The summed E-state index contributed by atoms with van der Waals surface area (Å²) in [5, 5.41) is 6.81. The first-order valence-corrected chi connectivity index (χ1v) is 8.68. The smallest absolute Gasteiger partial charge is 0.254 e. The summed E-state index contributed by atoms with van der Waals surface area (Å²) in [5.74, 6) is 0.841. The Kier molecular flexibility index (Phi) is 5.13. The third-order valence-corrected chi connectivity index (χ3v) is 4.67. The molecule has 1 aliphatic heterocycles. The number of likely N-dealkylation sites (tertiary alicyclic amines) is 1. The Balaban J connectivity index is 1.70. The largest absolute Gasteiger partial charge is 0.375 e. The molecule has 6 nitrogen and oxygen atoms in total. The molecule has 1 atom stereocenters. The van der Waals surface area contributed by atoms with Crippen LogP contribution in [-0.2, 0) is 0 Å². The van der Waals surface area contributed by atoms with Gasteiger partial charge in [0.1, 0.15) is 12.2 Å². The lowest BCUT2D eigenvalue weighted by molar-refractivity contribution is 0.0730. The minimum Gasteiger partial charge on any atom is -0.375 e. The van der Waals surface area contributed by atoms with Gasteiger partial charge in [-0.1, -0.05) is 13.3 Å². The third-order valence-electron chi connectivity index (χ3n) is 4.67. The first kappa shape index (κ1) is 16.5. The van der Waals surface area contributed by atoms with E-state index in [1.807, 2.05) is 29.2 Å². The van der Waals surface area contributed by atoms with Crippen LogP contribution in [0.15, 0.2) is 30.6 Å². The van der Waals surface area contributed by atoms with Crippen LogP contribution >= 0.6 is 0 Å². The predicted octanol–water partition coefficient (Wildman–Crippen LogP) is 3.02. The van der Waals surface area contributed by atoms with Crippen molar-refractivity contribution < 1.29 is 4.79 Å². The Bertz CT molecular complexity index is 653. The number of rotatable bonds is 6. The van der Waals surface area contributed by atoms with Crippen LogP contribution in [0.1, 0.15) is 54.8 Å². The molecular weight excluding hydrogens is 302 g/mol. The van der Waals surface area contributed by atoms with E-state index in [4.69, 9.17) is 0 Å². The SMILES string of the molecule is CCCCN(C)c1ccc(C(=O)N2CCC[C@H]2c2ncn[nH]2)cc1. The summed E-state index contributed by atoms with van der Waals surface area (Å²) in [6.45, 7) is 3.99. The van der Waals surface area contributed by atoms with Gasteiger partial charge < -0.3 is 9.80 Å². The highest BCUT2D eigenvalue weighted by Crippen LogP contribution is 2.31. The third kappa shape index (κ3) is 3.42. The maximum Gasteiger partial charge on any atom is 0.254 e. The predicted molar refractivity (Wildman–Crippen MR) is 94.0 cm³/mol. The minimum absolute atomic E-state index is 0.00639. The molecule has 128 valence electrons. The lowest BCUT2D eigenvalue weighted by Gasteiger charge is -2.24. The zero-order chi connectivity index (χ0) is 16.9. The van der Waals surface area contributed by atoms with Gasteiger partial charge in [-0.3, -0.25) is 9.89 Å². The van der Waals surface area contributed by atoms with E-state index in [-0.39, 0.29) is 11.9 Å². The van der Waals surface area contributed by atoms with Gasteiger partial charge in [-0.15, -0.1) is 0 Å². The molecular formula is C18H25N5O. The number of hydrogen-bond donors (Lipinski definition) is 1. The van der Waals surface area contributed by atoms with Gasteiger partial charge in [0.15, 0.2) is 0 Å². The van der Waals surface area contributed by atoms with E-state index < -0.39 is 0 Å². The van der Waals surface area contributed by atoms with Crippen LogP contribution in [-0.4, -0.2) is 46.1 Å². The van der Waals surface area contributed by atoms with E-state index in [1.54, 1.807) is 0 Å². The Morgan fingerprint density at radius 3 is 2.83 bits per heavy atom. The number of anilines is 1. The van der Waals surface area contributed by atoms with Crippen molar-refractivity contribution in [2.75, 3.05) is 25.0 Å². The normalized spacial score (nSPS) is 17.2. The molecule has 0 spiro atoms. The molecule has 1 aromatic heterocycles. The number of amides is 1. The summed E-state index contributed by atoms with van der Waals surface area (Å²) in [6.07, 6.45) is 5.77. The van der Waals surface area contributed by atoms with E-state index in [0.29, 0.717) is 0 Å². The fourth-order valence-corrected chi connectivity index (χ4v) is 3.22. The highest BCUT2D eigenvalue weighted by Gasteiger charge is 2.32. The first-order chi connectivity index (χ1) is 11.7. The van der Waals surface area contributed by atoms with Crippen molar-refractivity contribution in [3.63, 3.8) is 0 Å². The number of carbonyl (C=O) groups is 1. The molecule has 0 bridgehead atoms. The minimum atomic E-state index is 0.00639. The Hall–Kier alpha value is -2.37. The van der Waals surface area contributed by atoms with Crippen LogP contribution in [0, 0.1) is 0 Å². The van der Waals surface area contributed by atoms with E-state index >= 15 is 0 Å². The second-order valence-corrected chi connectivity index (χ2v) is 6.35. The highest BCUT2D eigenvalue weighted by molar-refractivity contribution is 5.95. The molecule has 1 aromatic carbocycles. The van der Waals surface area contributed by atoms with Gasteiger partial charge in [-0.05, 0) is 43.5 Å². The average molecular weight is 327 g/mol. The molecule has 1 aliphatic rings. The summed E-state index contributed by atoms with van der Waals surface area (Å²) < 4.78 is 0. The lowest BCUT2D eigenvalue weighted by Crippen LogP contribution is -2.31. The van der Waals surface area contributed by atoms with Crippen molar-refractivity contribution in [3.05, 3.63) is 42.0 Å². The highest BCUT2D eigenvalue weighted by atomic mass is 16.2. The average Bonchev–Trinajstić information content (AvgIpc) is 3.29. The van der Waals surface area contributed by atoms with Gasteiger partial charge in [-0.25, -0.2) is 4.98 Å². The summed E-state index contributed by atoms with van der Waals surface area (Å²) >= 11 is 0. The Morgan fingerprint density at radius 2 is 2.17 bits per heavy atom. The number of unbranched alkanes of at least 4 members (excludes halogenated alkanes) is 1. The van der Waals surface area contributed by atoms with E-state index in [2.05, 4.69) is 34.1 Å². The molecule has 0 saturated carbocycles. The van der Waals surface area contributed by atoms with Crippen LogP contribution in [0.4, 0.5) is 5.69 Å². The van der Waals surface area contributed by atoms with Gasteiger partial charge in [0.2, 0.25) is 0 Å². The molecule has 0 unspecified atom stereocenters. The topological polar surface area (TPSA) is 65.1 Å². The van der Waals surface area contributed by atoms with E-state index in [1.165, 1.54) is 19.2 Å². The van der Waals surface area contributed by atoms with Crippen molar-refractivity contribution in [1.82, 2.24) is 20.1 Å². The number of nitrogens with one attached hydrogen (secondary N) is 1. The Morgan fingerprint density at radius 1 is 1.38 bits per heavy atom. The molecule has 1 amide bonds. The molecule has 0 radical (unpaired) electrons. The van der Waals surface area contributed by atoms with Crippen LogP contribution < -0.4 is 4.90 Å². The molecule has 2 aromatic rings. The number of nitrogens with zero attached hydrogens (tertiary/aromatic N) is 4. The molecule has 1 saturated heterocycles. The molecule has 2 heterocycles. The van der Waals surface area contributed by atoms with Crippen molar-refractivity contribution in [3.8, 4) is 0 Å². The van der Waals surface area contributed by atoms with Crippen LogP contribution in [0.25, 0.3) is 0 Å². The second kappa shape index (κ2) is 7.47. The fourth-order valence-electron chi connectivity index (χ4n) is 3.22. The fraction of sp³-hybridized carbons (Fsp3) is 0.500. The van der Waals surface area contributed by atoms with Crippen molar-refractivity contribution in [2.24, 2.45) is 0 Å². The molecule has 1 fully saturated rings. The number of aromatic amines is 1.